The highest BCUT2D eigenvalue weighted by Crippen LogP contribution is 2.48. The van der Waals surface area contributed by atoms with E-state index < -0.39 is 23.7 Å². The molecule has 4 heteroatoms. The van der Waals surface area contributed by atoms with Crippen LogP contribution in [0.5, 0.6) is 0 Å². The summed E-state index contributed by atoms with van der Waals surface area (Å²) in [6.45, 7) is 0. The lowest BCUT2D eigenvalue weighted by Gasteiger charge is -2.35. The fraction of sp³-hybridized carbons (Fsp3) is 0.222. The Morgan fingerprint density at radius 3 is 0.600 bits per heavy atom. The Morgan fingerprint density at radius 2 is 0.450 bits per heavy atom. The molecule has 0 radical (unpaired) electrons. The first-order valence-corrected chi connectivity index (χ1v) is 14.0. The van der Waals surface area contributed by atoms with Gasteiger partial charge in [-0.05, 0) is 44.5 Å². The van der Waals surface area contributed by atoms with Crippen molar-refractivity contribution in [3.8, 4) is 0 Å². The van der Waals surface area contributed by atoms with E-state index in [0.717, 1.165) is 44.5 Å². The zero-order chi connectivity index (χ0) is 27.4. The quantitative estimate of drug-likeness (QED) is 0.267. The van der Waals surface area contributed by atoms with Gasteiger partial charge in [0.25, 0.3) is 0 Å². The van der Waals surface area contributed by atoms with Crippen LogP contribution >= 0.6 is 0 Å². The molecule has 3 aliphatic carbocycles. The van der Waals surface area contributed by atoms with E-state index >= 15 is 0 Å². The number of ketones is 4. The first-order valence-electron chi connectivity index (χ1n) is 14.0. The summed E-state index contributed by atoms with van der Waals surface area (Å²) in [7, 11) is 0. The van der Waals surface area contributed by atoms with Crippen molar-refractivity contribution in [1.82, 2.24) is 0 Å². The van der Waals surface area contributed by atoms with Crippen molar-refractivity contribution < 1.29 is 19.2 Å². The summed E-state index contributed by atoms with van der Waals surface area (Å²) < 4.78 is 0. The molecule has 0 atom stereocenters. The Hall–Kier alpha value is -4.44. The highest BCUT2D eigenvalue weighted by atomic mass is 16.1. The zero-order valence-electron chi connectivity index (χ0n) is 22.0. The van der Waals surface area contributed by atoms with Crippen molar-refractivity contribution in [3.63, 3.8) is 0 Å². The molecule has 4 aromatic carbocycles. The van der Waals surface area contributed by atoms with Crippen LogP contribution in [0.4, 0.5) is 0 Å². The summed E-state index contributed by atoms with van der Waals surface area (Å²) in [5.41, 5.74) is 6.61. The molecule has 0 unspecified atom stereocenters. The molecule has 7 rings (SSSR count). The standard InChI is InChI=1S/C36H28O4/c37-29-17-18-31(39)35-25-13-5-7-15-27(25)36(28-16-8-6-14-26(28)35)32(40)20-19-30(38)34-22-10-2-1-9-21(22)33(29)23-11-3-4-12-24(23)34/h1-16,33-36H,17-20H2. The van der Waals surface area contributed by atoms with Crippen molar-refractivity contribution in [3.05, 3.63) is 142 Å². The van der Waals surface area contributed by atoms with Gasteiger partial charge in [0.05, 0.1) is 23.7 Å². The molecule has 0 fully saturated rings. The lowest BCUT2D eigenvalue weighted by atomic mass is 9.67. The average molecular weight is 525 g/mol. The largest absolute Gasteiger partial charge is 0.299 e. The summed E-state index contributed by atoms with van der Waals surface area (Å²) in [5.74, 6) is -2.20. The number of fused-ring (bicyclic) bond motifs is 6. The van der Waals surface area contributed by atoms with Crippen molar-refractivity contribution in [2.45, 2.75) is 49.4 Å². The third-order valence-electron chi connectivity index (χ3n) is 9.00. The molecule has 40 heavy (non-hydrogen) atoms. The summed E-state index contributed by atoms with van der Waals surface area (Å²) >= 11 is 0. The summed E-state index contributed by atoms with van der Waals surface area (Å²) in [4.78, 5) is 55.9. The highest BCUT2D eigenvalue weighted by Gasteiger charge is 2.42. The molecule has 0 spiro atoms. The molecule has 0 N–H and O–H groups in total. The van der Waals surface area contributed by atoms with Crippen LogP contribution in [0.25, 0.3) is 0 Å². The predicted molar refractivity (Wildman–Crippen MR) is 152 cm³/mol. The Balaban J connectivity index is 1.40. The van der Waals surface area contributed by atoms with Gasteiger partial charge < -0.3 is 0 Å². The topological polar surface area (TPSA) is 68.3 Å². The fourth-order valence-corrected chi connectivity index (χ4v) is 7.27. The minimum Gasteiger partial charge on any atom is -0.299 e. The Labute approximate surface area is 233 Å². The number of hydrogen-bond donors (Lipinski definition) is 0. The van der Waals surface area contributed by atoms with Gasteiger partial charge in [-0.2, -0.15) is 0 Å². The van der Waals surface area contributed by atoms with Crippen LogP contribution in [0.2, 0.25) is 0 Å². The maximum absolute atomic E-state index is 14.0. The number of carbonyl (C=O) groups is 4. The average Bonchev–Trinajstić information content (AvgIpc) is 2.99. The number of hydrogen-bond acceptors (Lipinski definition) is 4. The molecule has 0 amide bonds. The lowest BCUT2D eigenvalue weighted by molar-refractivity contribution is -0.125. The second kappa shape index (κ2) is 9.63. The molecule has 0 aromatic heterocycles. The molecule has 4 bridgehead atoms. The van der Waals surface area contributed by atoms with Crippen LogP contribution in [0.15, 0.2) is 97.1 Å². The maximum Gasteiger partial charge on any atom is 0.145 e. The smallest absolute Gasteiger partial charge is 0.145 e. The number of Topliss-reactive ketones (excluding diaryl/α,β-unsaturated/α-hetero) is 4. The summed E-state index contributed by atoms with van der Waals surface area (Å²) in [5, 5.41) is 0. The molecular weight excluding hydrogens is 496 g/mol. The molecule has 0 aliphatic heterocycles. The second-order valence-corrected chi connectivity index (χ2v) is 11.1. The molecule has 3 aliphatic rings. The van der Waals surface area contributed by atoms with E-state index in [-0.39, 0.29) is 48.8 Å². The van der Waals surface area contributed by atoms with Gasteiger partial charge in [-0.1, -0.05) is 97.1 Å². The van der Waals surface area contributed by atoms with E-state index in [0.29, 0.717) is 0 Å². The van der Waals surface area contributed by atoms with Crippen molar-refractivity contribution in [2.75, 3.05) is 0 Å². The van der Waals surface area contributed by atoms with Gasteiger partial charge in [-0.25, -0.2) is 0 Å². The monoisotopic (exact) mass is 524 g/mol. The van der Waals surface area contributed by atoms with E-state index in [1.54, 1.807) is 0 Å². The second-order valence-electron chi connectivity index (χ2n) is 11.1. The van der Waals surface area contributed by atoms with Gasteiger partial charge in [0.2, 0.25) is 0 Å². The minimum atomic E-state index is -0.533. The first-order chi connectivity index (χ1) is 19.5. The third kappa shape index (κ3) is 3.74. The first kappa shape index (κ1) is 24.6. The number of rotatable bonds is 0. The lowest BCUT2D eigenvalue weighted by Crippen LogP contribution is -2.31. The molecule has 0 saturated heterocycles. The summed E-state index contributed by atoms with van der Waals surface area (Å²) in [6, 6.07) is 30.6. The zero-order valence-corrected chi connectivity index (χ0v) is 22.0. The number of carbonyl (C=O) groups excluding carboxylic acids is 4. The SMILES string of the molecule is O=C1CCC(=O)C2c3ccccc3C(C(=O)CCC(=O)C3c4ccccc4C1c1ccccc13)c1ccccc12. The van der Waals surface area contributed by atoms with E-state index in [4.69, 9.17) is 0 Å². The third-order valence-corrected chi connectivity index (χ3v) is 9.00. The Morgan fingerprint density at radius 1 is 0.300 bits per heavy atom. The molecule has 0 heterocycles. The van der Waals surface area contributed by atoms with E-state index in [1.807, 2.05) is 97.1 Å². The van der Waals surface area contributed by atoms with Gasteiger partial charge in [-0.3, -0.25) is 19.2 Å². The van der Waals surface area contributed by atoms with E-state index in [9.17, 15) is 19.2 Å². The van der Waals surface area contributed by atoms with Crippen molar-refractivity contribution in [2.24, 2.45) is 0 Å². The van der Waals surface area contributed by atoms with Gasteiger partial charge in [-0.15, -0.1) is 0 Å². The van der Waals surface area contributed by atoms with Gasteiger partial charge in [0, 0.05) is 25.7 Å². The van der Waals surface area contributed by atoms with Gasteiger partial charge in [0.15, 0.2) is 0 Å². The van der Waals surface area contributed by atoms with Crippen LogP contribution in [0, 0.1) is 0 Å². The predicted octanol–water partition coefficient (Wildman–Crippen LogP) is 6.39. The molecule has 0 saturated carbocycles. The molecule has 4 nitrogen and oxygen atoms in total. The van der Waals surface area contributed by atoms with E-state index in [1.165, 1.54) is 0 Å². The minimum absolute atomic E-state index is 0.0170. The normalized spacial score (nSPS) is 23.8. The molecule has 4 aromatic rings. The van der Waals surface area contributed by atoms with Gasteiger partial charge >= 0.3 is 0 Å². The molecule has 196 valence electrons. The van der Waals surface area contributed by atoms with Crippen molar-refractivity contribution in [1.29, 1.82) is 0 Å². The van der Waals surface area contributed by atoms with E-state index in [2.05, 4.69) is 0 Å². The van der Waals surface area contributed by atoms with Crippen LogP contribution in [-0.4, -0.2) is 23.1 Å². The summed E-state index contributed by atoms with van der Waals surface area (Å²) in [6.07, 6.45) is 0.421. The van der Waals surface area contributed by atoms with Crippen LogP contribution in [-0.2, 0) is 19.2 Å². The number of benzene rings is 4. The van der Waals surface area contributed by atoms with Crippen LogP contribution < -0.4 is 0 Å². The van der Waals surface area contributed by atoms with Crippen LogP contribution in [0.1, 0.15) is 93.9 Å². The van der Waals surface area contributed by atoms with Crippen LogP contribution in [0.3, 0.4) is 0 Å². The molecular formula is C36H28O4. The van der Waals surface area contributed by atoms with Crippen molar-refractivity contribution >= 4 is 23.1 Å². The Kier molecular flexibility index (Phi) is 5.92. The maximum atomic E-state index is 14.0. The fourth-order valence-electron chi connectivity index (χ4n) is 7.27. The van der Waals surface area contributed by atoms with Gasteiger partial charge in [0.1, 0.15) is 23.1 Å². The highest BCUT2D eigenvalue weighted by molar-refractivity contribution is 6.02. The Bertz CT molecular complexity index is 1370.